The molecule has 1 aromatic rings. The van der Waals surface area contributed by atoms with Crippen molar-refractivity contribution in [2.24, 2.45) is 5.92 Å². The van der Waals surface area contributed by atoms with E-state index in [-0.39, 0.29) is 18.5 Å². The first kappa shape index (κ1) is 16.9. The van der Waals surface area contributed by atoms with Crippen molar-refractivity contribution in [2.75, 3.05) is 13.7 Å². The van der Waals surface area contributed by atoms with Gasteiger partial charge in [-0.1, -0.05) is 13.8 Å². The van der Waals surface area contributed by atoms with Crippen LogP contribution in [0.1, 0.15) is 45.8 Å². The summed E-state index contributed by atoms with van der Waals surface area (Å²) < 4.78 is 24.6. The van der Waals surface area contributed by atoms with E-state index in [2.05, 4.69) is 13.8 Å². The molecule has 1 aromatic carbocycles. The van der Waals surface area contributed by atoms with Crippen LogP contribution in [0.25, 0.3) is 0 Å². The normalized spacial score (nSPS) is 13.6. The van der Waals surface area contributed by atoms with Crippen molar-refractivity contribution in [1.29, 1.82) is 0 Å². The van der Waals surface area contributed by atoms with E-state index in [0.717, 1.165) is 6.42 Å². The molecule has 0 spiro atoms. The minimum Gasteiger partial charge on any atom is -0.496 e. The fraction of sp³-hybridized carbons (Fsp3) is 0.625. The number of benzene rings is 1. The van der Waals surface area contributed by atoms with Crippen LogP contribution in [0.2, 0.25) is 0 Å². The van der Waals surface area contributed by atoms with E-state index in [0.29, 0.717) is 17.2 Å². The molecule has 20 heavy (non-hydrogen) atoms. The van der Waals surface area contributed by atoms with Crippen LogP contribution in [-0.4, -0.2) is 24.4 Å². The van der Waals surface area contributed by atoms with Crippen LogP contribution in [-0.2, 0) is 4.74 Å². The van der Waals surface area contributed by atoms with Crippen LogP contribution in [0, 0.1) is 11.7 Å². The van der Waals surface area contributed by atoms with Gasteiger partial charge in [0.2, 0.25) is 0 Å². The largest absolute Gasteiger partial charge is 0.496 e. The molecule has 3 nitrogen and oxygen atoms in total. The zero-order chi connectivity index (χ0) is 15.3. The molecule has 4 heteroatoms. The number of rotatable bonds is 7. The van der Waals surface area contributed by atoms with Crippen molar-refractivity contribution in [2.45, 2.75) is 45.8 Å². The zero-order valence-electron chi connectivity index (χ0n) is 12.9. The first-order valence-electron chi connectivity index (χ1n) is 6.90. The molecule has 0 saturated carbocycles. The summed E-state index contributed by atoms with van der Waals surface area (Å²) in [5, 5.41) is 9.80. The summed E-state index contributed by atoms with van der Waals surface area (Å²) in [6.07, 6.45) is 0.433. The molecule has 0 radical (unpaired) electrons. The third-order valence-corrected chi connectivity index (χ3v) is 2.86. The highest BCUT2D eigenvalue weighted by Gasteiger charge is 2.22. The van der Waals surface area contributed by atoms with Crippen molar-refractivity contribution in [3.05, 3.63) is 29.6 Å². The van der Waals surface area contributed by atoms with Gasteiger partial charge < -0.3 is 14.6 Å². The lowest BCUT2D eigenvalue weighted by Crippen LogP contribution is -2.27. The van der Waals surface area contributed by atoms with Crippen LogP contribution in [0.4, 0.5) is 4.39 Å². The lowest BCUT2D eigenvalue weighted by atomic mass is 9.98. The number of halogens is 1. The molecule has 0 heterocycles. The Hall–Kier alpha value is -1.13. The predicted octanol–water partition coefficient (Wildman–Crippen LogP) is 3.71. The van der Waals surface area contributed by atoms with Gasteiger partial charge in [-0.2, -0.15) is 0 Å². The first-order chi connectivity index (χ1) is 9.23. The predicted molar refractivity (Wildman–Crippen MR) is 77.4 cm³/mol. The van der Waals surface area contributed by atoms with E-state index in [1.807, 2.05) is 0 Å². The summed E-state index contributed by atoms with van der Waals surface area (Å²) in [7, 11) is 1.55. The quantitative estimate of drug-likeness (QED) is 0.829. The fourth-order valence-electron chi connectivity index (χ4n) is 1.97. The van der Waals surface area contributed by atoms with Crippen LogP contribution >= 0.6 is 0 Å². The molecule has 0 amide bonds. The monoisotopic (exact) mass is 284 g/mol. The Morgan fingerprint density at radius 2 is 1.95 bits per heavy atom. The number of methoxy groups -OCH3 is 1. The Kier molecular flexibility index (Phi) is 5.96. The van der Waals surface area contributed by atoms with Gasteiger partial charge in [0.05, 0.1) is 25.4 Å². The SMILES string of the molecule is COc1ccc(F)cc1[C@H](CC(C)C)OCC(C)(C)O. The van der Waals surface area contributed by atoms with Crippen LogP contribution in [0.15, 0.2) is 18.2 Å². The minimum atomic E-state index is -0.921. The molecule has 0 aliphatic heterocycles. The molecule has 0 fully saturated rings. The van der Waals surface area contributed by atoms with E-state index in [1.54, 1.807) is 27.0 Å². The average Bonchev–Trinajstić information content (AvgIpc) is 2.33. The Bertz CT molecular complexity index is 424. The molecule has 1 rings (SSSR count). The smallest absolute Gasteiger partial charge is 0.124 e. The topological polar surface area (TPSA) is 38.7 Å². The van der Waals surface area contributed by atoms with Gasteiger partial charge in [-0.05, 0) is 44.4 Å². The molecule has 0 saturated heterocycles. The van der Waals surface area contributed by atoms with Crippen molar-refractivity contribution >= 4 is 0 Å². The van der Waals surface area contributed by atoms with E-state index in [9.17, 15) is 9.50 Å². The fourth-order valence-corrected chi connectivity index (χ4v) is 1.97. The van der Waals surface area contributed by atoms with Gasteiger partial charge in [-0.25, -0.2) is 4.39 Å². The Morgan fingerprint density at radius 3 is 2.45 bits per heavy atom. The number of hydrogen-bond acceptors (Lipinski definition) is 3. The second kappa shape index (κ2) is 7.04. The van der Waals surface area contributed by atoms with Gasteiger partial charge in [0.15, 0.2) is 0 Å². The molecule has 1 N–H and O–H groups in total. The Morgan fingerprint density at radius 1 is 1.30 bits per heavy atom. The molecule has 1 atom stereocenters. The van der Waals surface area contributed by atoms with Gasteiger partial charge in [0.25, 0.3) is 0 Å². The average molecular weight is 284 g/mol. The summed E-state index contributed by atoms with van der Waals surface area (Å²) in [6, 6.07) is 4.41. The number of hydrogen-bond donors (Lipinski definition) is 1. The molecular weight excluding hydrogens is 259 g/mol. The van der Waals surface area contributed by atoms with Gasteiger partial charge >= 0.3 is 0 Å². The van der Waals surface area contributed by atoms with Gasteiger partial charge in [0.1, 0.15) is 11.6 Å². The van der Waals surface area contributed by atoms with Crippen LogP contribution in [0.3, 0.4) is 0 Å². The Balaban J connectivity index is 3.00. The molecule has 0 bridgehead atoms. The summed E-state index contributed by atoms with van der Waals surface area (Å²) in [4.78, 5) is 0. The lowest BCUT2D eigenvalue weighted by molar-refractivity contribution is -0.0602. The van der Waals surface area contributed by atoms with Crippen LogP contribution in [0.5, 0.6) is 5.75 Å². The third kappa shape index (κ3) is 5.47. The summed E-state index contributed by atoms with van der Waals surface area (Å²) in [5.74, 6) is 0.670. The number of aliphatic hydroxyl groups is 1. The van der Waals surface area contributed by atoms with Gasteiger partial charge in [-0.3, -0.25) is 0 Å². The molecule has 0 aliphatic rings. The molecular formula is C16H25FO3. The van der Waals surface area contributed by atoms with Crippen LogP contribution < -0.4 is 4.74 Å². The maximum atomic E-state index is 13.5. The second-order valence-corrected chi connectivity index (χ2v) is 6.13. The van der Waals surface area contributed by atoms with Crippen molar-refractivity contribution in [3.8, 4) is 5.75 Å². The highest BCUT2D eigenvalue weighted by atomic mass is 19.1. The van der Waals surface area contributed by atoms with Crippen molar-refractivity contribution in [3.63, 3.8) is 0 Å². The minimum absolute atomic E-state index is 0.185. The highest BCUT2D eigenvalue weighted by molar-refractivity contribution is 5.35. The van der Waals surface area contributed by atoms with Gasteiger partial charge in [-0.15, -0.1) is 0 Å². The van der Waals surface area contributed by atoms with E-state index < -0.39 is 5.60 Å². The van der Waals surface area contributed by atoms with Crippen molar-refractivity contribution in [1.82, 2.24) is 0 Å². The first-order valence-corrected chi connectivity index (χ1v) is 6.90. The molecule has 0 unspecified atom stereocenters. The zero-order valence-corrected chi connectivity index (χ0v) is 12.9. The van der Waals surface area contributed by atoms with E-state index >= 15 is 0 Å². The summed E-state index contributed by atoms with van der Waals surface area (Å²) >= 11 is 0. The number of ether oxygens (including phenoxy) is 2. The molecule has 0 aliphatic carbocycles. The molecule has 114 valence electrons. The third-order valence-electron chi connectivity index (χ3n) is 2.86. The summed E-state index contributed by atoms with van der Waals surface area (Å²) in [5.41, 5.74) is -0.235. The maximum absolute atomic E-state index is 13.5. The van der Waals surface area contributed by atoms with E-state index in [1.165, 1.54) is 12.1 Å². The Labute approximate surface area is 120 Å². The summed E-state index contributed by atoms with van der Waals surface area (Å²) in [6.45, 7) is 7.70. The van der Waals surface area contributed by atoms with Gasteiger partial charge in [0, 0.05) is 5.56 Å². The highest BCUT2D eigenvalue weighted by Crippen LogP contribution is 2.33. The maximum Gasteiger partial charge on any atom is 0.124 e. The molecule has 0 aromatic heterocycles. The standard InChI is InChI=1S/C16H25FO3/c1-11(2)8-15(20-10-16(3,4)18)13-9-12(17)6-7-14(13)19-5/h6-7,9,11,15,18H,8,10H2,1-5H3/t15-/m0/s1. The lowest BCUT2D eigenvalue weighted by Gasteiger charge is -2.26. The van der Waals surface area contributed by atoms with Crippen molar-refractivity contribution < 1.29 is 19.0 Å². The van der Waals surface area contributed by atoms with E-state index in [4.69, 9.17) is 9.47 Å². The second-order valence-electron chi connectivity index (χ2n) is 6.13.